The van der Waals surface area contributed by atoms with Gasteiger partial charge in [0, 0.05) is 11.1 Å². The molecule has 1 aromatic carbocycles. The minimum atomic E-state index is -3.17. The Labute approximate surface area is 133 Å². The van der Waals surface area contributed by atoms with Gasteiger partial charge in [0.25, 0.3) is 0 Å². The van der Waals surface area contributed by atoms with E-state index in [0.29, 0.717) is 16.6 Å². The van der Waals surface area contributed by atoms with Gasteiger partial charge in [0.15, 0.2) is 9.84 Å². The van der Waals surface area contributed by atoms with Crippen LogP contribution in [0.4, 0.5) is 0 Å². The van der Waals surface area contributed by atoms with Gasteiger partial charge in [-0.15, -0.1) is 0 Å². The lowest BCUT2D eigenvalue weighted by Gasteiger charge is -2.22. The lowest BCUT2D eigenvalue weighted by Crippen LogP contribution is -2.37. The van der Waals surface area contributed by atoms with Crippen molar-refractivity contribution in [2.24, 2.45) is 5.92 Å². The number of benzene rings is 1. The molecule has 0 heterocycles. The highest BCUT2D eigenvalue weighted by Crippen LogP contribution is 2.33. The predicted molar refractivity (Wildman–Crippen MR) is 88.3 cm³/mol. The van der Waals surface area contributed by atoms with Crippen LogP contribution in [0.15, 0.2) is 24.3 Å². The average molecular weight is 330 g/mol. The first-order valence-electron chi connectivity index (χ1n) is 7.64. The van der Waals surface area contributed by atoms with Crippen molar-refractivity contribution in [2.45, 2.75) is 50.2 Å². The largest absolute Gasteiger partial charge is 0.314 e. The number of halogens is 1. The summed E-state index contributed by atoms with van der Waals surface area (Å²) in [6.45, 7) is 5.12. The first kappa shape index (κ1) is 16.8. The minimum Gasteiger partial charge on any atom is -0.314 e. The number of hydrogen-bond donors (Lipinski definition) is 1. The Hall–Kier alpha value is -0.580. The monoisotopic (exact) mass is 329 g/mol. The molecule has 0 aromatic heterocycles. The van der Waals surface area contributed by atoms with Crippen molar-refractivity contribution in [3.63, 3.8) is 0 Å². The summed E-state index contributed by atoms with van der Waals surface area (Å²) in [5.74, 6) is 0.200. The van der Waals surface area contributed by atoms with Crippen LogP contribution in [0.5, 0.6) is 0 Å². The van der Waals surface area contributed by atoms with Crippen LogP contribution in [0.3, 0.4) is 0 Å². The van der Waals surface area contributed by atoms with Crippen LogP contribution in [0.1, 0.15) is 38.7 Å². The molecular weight excluding hydrogens is 306 g/mol. The number of sulfone groups is 1. The molecule has 21 heavy (non-hydrogen) atoms. The van der Waals surface area contributed by atoms with Crippen molar-refractivity contribution < 1.29 is 8.42 Å². The number of rotatable bonds is 6. The maximum absolute atomic E-state index is 12.7. The second-order valence-corrected chi connectivity index (χ2v) is 8.56. The molecule has 3 unspecified atom stereocenters. The molecule has 0 bridgehead atoms. The van der Waals surface area contributed by atoms with Crippen LogP contribution < -0.4 is 5.32 Å². The SMILES string of the molecule is CCCNC1CCC(S(=O)(=O)Cc2ccccc2Cl)C1C. The van der Waals surface area contributed by atoms with Crippen molar-refractivity contribution in [2.75, 3.05) is 6.54 Å². The number of nitrogens with one attached hydrogen (secondary N) is 1. The molecule has 0 spiro atoms. The van der Waals surface area contributed by atoms with Gasteiger partial charge in [-0.1, -0.05) is 43.6 Å². The van der Waals surface area contributed by atoms with E-state index < -0.39 is 9.84 Å². The Morgan fingerprint density at radius 2 is 2.00 bits per heavy atom. The van der Waals surface area contributed by atoms with Gasteiger partial charge in [0.05, 0.1) is 11.0 Å². The van der Waals surface area contributed by atoms with Crippen LogP contribution >= 0.6 is 11.6 Å². The Bertz CT molecular complexity index is 573. The third-order valence-electron chi connectivity index (χ3n) is 4.42. The third kappa shape index (κ3) is 3.99. The van der Waals surface area contributed by atoms with Gasteiger partial charge in [-0.3, -0.25) is 0 Å². The van der Waals surface area contributed by atoms with E-state index >= 15 is 0 Å². The smallest absolute Gasteiger partial charge is 0.157 e. The maximum Gasteiger partial charge on any atom is 0.157 e. The van der Waals surface area contributed by atoms with Crippen molar-refractivity contribution in [3.05, 3.63) is 34.9 Å². The quantitative estimate of drug-likeness (QED) is 0.869. The summed E-state index contributed by atoms with van der Waals surface area (Å²) in [5.41, 5.74) is 0.705. The van der Waals surface area contributed by atoms with Gasteiger partial charge in [-0.25, -0.2) is 8.42 Å². The van der Waals surface area contributed by atoms with E-state index in [-0.39, 0.29) is 16.9 Å². The third-order valence-corrected chi connectivity index (χ3v) is 7.09. The molecule has 0 radical (unpaired) electrons. The average Bonchev–Trinajstić information content (AvgIpc) is 2.81. The standard InChI is InChI=1S/C16H24ClNO2S/c1-3-10-18-15-8-9-16(12(15)2)21(19,20)11-13-6-4-5-7-14(13)17/h4-7,12,15-16,18H,3,8-11H2,1-2H3. The van der Waals surface area contributed by atoms with Crippen molar-refractivity contribution in [1.29, 1.82) is 0 Å². The van der Waals surface area contributed by atoms with E-state index in [1.807, 2.05) is 12.1 Å². The lowest BCUT2D eigenvalue weighted by molar-refractivity contribution is 0.425. The fourth-order valence-electron chi connectivity index (χ4n) is 3.19. The number of hydrogen-bond acceptors (Lipinski definition) is 3. The van der Waals surface area contributed by atoms with E-state index in [1.165, 1.54) is 0 Å². The fraction of sp³-hybridized carbons (Fsp3) is 0.625. The molecule has 1 aliphatic rings. The van der Waals surface area contributed by atoms with Crippen molar-refractivity contribution in [1.82, 2.24) is 5.32 Å². The van der Waals surface area contributed by atoms with Crippen molar-refractivity contribution in [3.8, 4) is 0 Å². The van der Waals surface area contributed by atoms with Gasteiger partial charge in [0.1, 0.15) is 0 Å². The molecule has 3 nitrogen and oxygen atoms in total. The van der Waals surface area contributed by atoms with Crippen LogP contribution in [-0.2, 0) is 15.6 Å². The Kier molecular flexibility index (Phi) is 5.69. The summed E-state index contributed by atoms with van der Waals surface area (Å²) >= 11 is 6.09. The van der Waals surface area contributed by atoms with Crippen molar-refractivity contribution >= 4 is 21.4 Å². The molecule has 1 aromatic rings. The first-order valence-corrected chi connectivity index (χ1v) is 9.73. The zero-order chi connectivity index (χ0) is 15.5. The molecular formula is C16H24ClNO2S. The molecule has 0 aliphatic heterocycles. The zero-order valence-electron chi connectivity index (χ0n) is 12.7. The fourth-order valence-corrected chi connectivity index (χ4v) is 5.71. The highest BCUT2D eigenvalue weighted by atomic mass is 35.5. The summed E-state index contributed by atoms with van der Waals surface area (Å²) in [6, 6.07) is 7.51. The van der Waals surface area contributed by atoms with E-state index in [9.17, 15) is 8.42 Å². The maximum atomic E-state index is 12.7. The summed E-state index contributed by atoms with van der Waals surface area (Å²) in [6.07, 6.45) is 2.75. The second kappa shape index (κ2) is 7.12. The lowest BCUT2D eigenvalue weighted by atomic mass is 10.1. The summed E-state index contributed by atoms with van der Waals surface area (Å²) in [5, 5.41) is 3.74. The zero-order valence-corrected chi connectivity index (χ0v) is 14.3. The van der Waals surface area contributed by atoms with Crippen LogP contribution in [-0.4, -0.2) is 26.3 Å². The van der Waals surface area contributed by atoms with E-state index in [0.717, 1.165) is 25.8 Å². The molecule has 5 heteroatoms. The molecule has 1 saturated carbocycles. The molecule has 1 aliphatic carbocycles. The van der Waals surface area contributed by atoms with E-state index in [1.54, 1.807) is 12.1 Å². The molecule has 118 valence electrons. The highest BCUT2D eigenvalue weighted by Gasteiger charge is 2.40. The molecule has 3 atom stereocenters. The van der Waals surface area contributed by atoms with Gasteiger partial charge >= 0.3 is 0 Å². The van der Waals surface area contributed by atoms with Crippen LogP contribution in [0.25, 0.3) is 0 Å². The second-order valence-electron chi connectivity index (χ2n) is 5.93. The first-order chi connectivity index (χ1) is 9.95. The molecule has 2 rings (SSSR count). The normalized spacial score (nSPS) is 26.1. The molecule has 0 saturated heterocycles. The van der Waals surface area contributed by atoms with Gasteiger partial charge < -0.3 is 5.32 Å². The Balaban J connectivity index is 2.08. The Morgan fingerprint density at radius 3 is 2.67 bits per heavy atom. The van der Waals surface area contributed by atoms with E-state index in [2.05, 4.69) is 19.2 Å². The van der Waals surface area contributed by atoms with E-state index in [4.69, 9.17) is 11.6 Å². The highest BCUT2D eigenvalue weighted by molar-refractivity contribution is 7.91. The minimum absolute atomic E-state index is 0.0438. The summed E-state index contributed by atoms with van der Waals surface area (Å²) in [4.78, 5) is 0. The molecule has 0 amide bonds. The topological polar surface area (TPSA) is 46.2 Å². The van der Waals surface area contributed by atoms with Crippen LogP contribution in [0.2, 0.25) is 5.02 Å². The molecule has 1 N–H and O–H groups in total. The van der Waals surface area contributed by atoms with Gasteiger partial charge in [-0.2, -0.15) is 0 Å². The molecule has 1 fully saturated rings. The predicted octanol–water partition coefficient (Wildman–Crippen LogP) is 3.42. The summed E-state index contributed by atoms with van der Waals surface area (Å²) < 4.78 is 25.4. The Morgan fingerprint density at radius 1 is 1.29 bits per heavy atom. The summed E-state index contributed by atoms with van der Waals surface area (Å²) in [7, 11) is -3.17. The van der Waals surface area contributed by atoms with Crippen LogP contribution in [0, 0.1) is 5.92 Å². The van der Waals surface area contributed by atoms with Gasteiger partial charge in [-0.05, 0) is 43.4 Å². The van der Waals surface area contributed by atoms with Gasteiger partial charge in [0.2, 0.25) is 0 Å².